The Kier molecular flexibility index (Phi) is 6.27. The number of para-hydroxylation sites is 1. The Bertz CT molecular complexity index is 925. The zero-order valence-corrected chi connectivity index (χ0v) is 17.6. The fourth-order valence-corrected chi connectivity index (χ4v) is 3.78. The molecule has 0 aliphatic carbocycles. The molecule has 0 atom stereocenters. The maximum atomic E-state index is 12.5. The normalized spacial score (nSPS) is 13.6. The average molecular weight is 412 g/mol. The molecule has 0 radical (unpaired) electrons. The molecule has 2 aromatic carbocycles. The van der Waals surface area contributed by atoms with Crippen LogP contribution in [0.4, 0.5) is 11.4 Å². The van der Waals surface area contributed by atoms with Crippen molar-refractivity contribution < 1.29 is 14.4 Å². The first kappa shape index (κ1) is 20.9. The molecule has 1 aliphatic rings. The van der Waals surface area contributed by atoms with E-state index >= 15 is 0 Å². The number of benzene rings is 2. The van der Waals surface area contributed by atoms with Gasteiger partial charge in [-0.2, -0.15) is 0 Å². The van der Waals surface area contributed by atoms with Gasteiger partial charge in [0.2, 0.25) is 11.8 Å². The standard InChI is InChI=1S/C22H25N3O3S/c1-4-22(2,3)24-21(28)15-9-11-16(12-10-15)23-19(26)13-25-17-7-5-6-8-18(17)29-14-20(25)27/h5-12H,4,13-14H2,1-3H3,(H,23,26)(H,24,28). The number of rotatable bonds is 6. The summed E-state index contributed by atoms with van der Waals surface area (Å²) in [6, 6.07) is 14.3. The fourth-order valence-electron chi connectivity index (χ4n) is 2.84. The van der Waals surface area contributed by atoms with Gasteiger partial charge in [0.05, 0.1) is 11.4 Å². The van der Waals surface area contributed by atoms with E-state index in [0.717, 1.165) is 17.0 Å². The zero-order chi connectivity index (χ0) is 21.0. The minimum atomic E-state index is -0.288. The van der Waals surface area contributed by atoms with Crippen molar-refractivity contribution in [3.63, 3.8) is 0 Å². The quantitative estimate of drug-likeness (QED) is 0.760. The highest BCUT2D eigenvalue weighted by atomic mass is 32.2. The molecule has 3 amide bonds. The second-order valence-electron chi connectivity index (χ2n) is 7.55. The molecule has 0 fully saturated rings. The van der Waals surface area contributed by atoms with Crippen molar-refractivity contribution in [1.82, 2.24) is 5.32 Å². The summed E-state index contributed by atoms with van der Waals surface area (Å²) in [7, 11) is 0. The van der Waals surface area contributed by atoms with Crippen LogP contribution in [0.15, 0.2) is 53.4 Å². The van der Waals surface area contributed by atoms with Gasteiger partial charge in [-0.25, -0.2) is 0 Å². The number of carbonyl (C=O) groups is 3. The summed E-state index contributed by atoms with van der Waals surface area (Å²) in [6.07, 6.45) is 0.823. The molecule has 3 rings (SSSR count). The van der Waals surface area contributed by atoms with Crippen LogP contribution in [0.1, 0.15) is 37.6 Å². The van der Waals surface area contributed by atoms with Crippen LogP contribution in [0.2, 0.25) is 0 Å². The van der Waals surface area contributed by atoms with Gasteiger partial charge < -0.3 is 15.5 Å². The van der Waals surface area contributed by atoms with Crippen molar-refractivity contribution in [3.8, 4) is 0 Å². The van der Waals surface area contributed by atoms with Gasteiger partial charge in [0, 0.05) is 21.7 Å². The van der Waals surface area contributed by atoms with E-state index in [1.165, 1.54) is 16.7 Å². The van der Waals surface area contributed by atoms with Crippen LogP contribution in [0.3, 0.4) is 0 Å². The first-order chi connectivity index (χ1) is 13.8. The summed E-state index contributed by atoms with van der Waals surface area (Å²) in [5.41, 5.74) is 1.59. The summed E-state index contributed by atoms with van der Waals surface area (Å²) >= 11 is 1.48. The molecule has 152 valence electrons. The van der Waals surface area contributed by atoms with E-state index in [4.69, 9.17) is 0 Å². The Morgan fingerprint density at radius 2 is 1.79 bits per heavy atom. The Balaban J connectivity index is 1.63. The van der Waals surface area contributed by atoms with E-state index < -0.39 is 0 Å². The van der Waals surface area contributed by atoms with Gasteiger partial charge in [0.25, 0.3) is 5.91 Å². The van der Waals surface area contributed by atoms with Gasteiger partial charge in [-0.3, -0.25) is 14.4 Å². The minimum Gasteiger partial charge on any atom is -0.347 e. The molecule has 0 spiro atoms. The Hall–Kier alpha value is -2.80. The van der Waals surface area contributed by atoms with Crippen molar-refractivity contribution in [1.29, 1.82) is 0 Å². The molecule has 6 nitrogen and oxygen atoms in total. The fraction of sp³-hybridized carbons (Fsp3) is 0.318. The molecule has 2 aromatic rings. The third kappa shape index (κ3) is 5.17. The van der Waals surface area contributed by atoms with E-state index in [2.05, 4.69) is 10.6 Å². The molecule has 0 unspecified atom stereocenters. The van der Waals surface area contributed by atoms with Gasteiger partial charge in [-0.1, -0.05) is 19.1 Å². The lowest BCUT2D eigenvalue weighted by Crippen LogP contribution is -2.42. The molecular formula is C22H25N3O3S. The molecule has 0 bridgehead atoms. The van der Waals surface area contributed by atoms with Gasteiger partial charge in [-0.05, 0) is 56.7 Å². The van der Waals surface area contributed by atoms with Crippen LogP contribution in [0.25, 0.3) is 0 Å². The highest BCUT2D eigenvalue weighted by Gasteiger charge is 2.26. The van der Waals surface area contributed by atoms with Crippen molar-refractivity contribution in [2.24, 2.45) is 0 Å². The Labute approximate surface area is 175 Å². The first-order valence-electron chi connectivity index (χ1n) is 9.54. The van der Waals surface area contributed by atoms with Gasteiger partial charge >= 0.3 is 0 Å². The van der Waals surface area contributed by atoms with E-state index in [9.17, 15) is 14.4 Å². The number of nitrogens with zero attached hydrogens (tertiary/aromatic N) is 1. The lowest BCUT2D eigenvalue weighted by molar-refractivity contribution is -0.120. The molecule has 29 heavy (non-hydrogen) atoms. The minimum absolute atomic E-state index is 0.0522. The first-order valence-corrected chi connectivity index (χ1v) is 10.5. The number of thioether (sulfide) groups is 1. The largest absolute Gasteiger partial charge is 0.347 e. The van der Waals surface area contributed by atoms with Crippen LogP contribution in [-0.2, 0) is 9.59 Å². The van der Waals surface area contributed by atoms with Gasteiger partial charge in [-0.15, -0.1) is 11.8 Å². The van der Waals surface area contributed by atoms with Crippen LogP contribution < -0.4 is 15.5 Å². The summed E-state index contributed by atoms with van der Waals surface area (Å²) in [4.78, 5) is 39.6. The van der Waals surface area contributed by atoms with E-state index in [-0.39, 0.29) is 29.8 Å². The summed E-state index contributed by atoms with van der Waals surface area (Å²) in [6.45, 7) is 5.91. The smallest absolute Gasteiger partial charge is 0.251 e. The lowest BCUT2D eigenvalue weighted by atomic mass is 10.0. The summed E-state index contributed by atoms with van der Waals surface area (Å²) in [5, 5.41) is 5.77. The third-order valence-corrected chi connectivity index (χ3v) is 5.92. The second kappa shape index (κ2) is 8.69. The number of hydrogen-bond donors (Lipinski definition) is 2. The molecular weight excluding hydrogens is 386 g/mol. The van der Waals surface area contributed by atoms with Crippen LogP contribution in [0.5, 0.6) is 0 Å². The maximum absolute atomic E-state index is 12.5. The van der Waals surface area contributed by atoms with Crippen molar-refractivity contribution in [2.75, 3.05) is 22.5 Å². The van der Waals surface area contributed by atoms with E-state index in [1.807, 2.05) is 45.0 Å². The van der Waals surface area contributed by atoms with Crippen molar-refractivity contribution in [3.05, 3.63) is 54.1 Å². The van der Waals surface area contributed by atoms with Crippen LogP contribution in [0, 0.1) is 0 Å². The molecule has 0 saturated heterocycles. The summed E-state index contributed by atoms with van der Waals surface area (Å²) in [5.74, 6) is -0.205. The number of anilines is 2. The van der Waals surface area contributed by atoms with Crippen molar-refractivity contribution in [2.45, 2.75) is 37.6 Å². The van der Waals surface area contributed by atoms with Crippen molar-refractivity contribution >= 4 is 40.9 Å². The molecule has 7 heteroatoms. The van der Waals surface area contributed by atoms with E-state index in [0.29, 0.717) is 17.0 Å². The Morgan fingerprint density at radius 1 is 1.10 bits per heavy atom. The number of hydrogen-bond acceptors (Lipinski definition) is 4. The number of amides is 3. The molecule has 2 N–H and O–H groups in total. The number of nitrogens with one attached hydrogen (secondary N) is 2. The van der Waals surface area contributed by atoms with Crippen LogP contribution >= 0.6 is 11.8 Å². The summed E-state index contributed by atoms with van der Waals surface area (Å²) < 4.78 is 0. The number of fused-ring (bicyclic) bond motifs is 1. The Morgan fingerprint density at radius 3 is 2.48 bits per heavy atom. The predicted octanol–water partition coefficient (Wildman–Crippen LogP) is 3.68. The van der Waals surface area contributed by atoms with Gasteiger partial charge in [0.15, 0.2) is 0 Å². The molecule has 1 aliphatic heterocycles. The SMILES string of the molecule is CCC(C)(C)NC(=O)c1ccc(NC(=O)CN2C(=O)CSc3ccccc32)cc1. The van der Waals surface area contributed by atoms with Crippen LogP contribution in [-0.4, -0.2) is 35.6 Å². The van der Waals surface area contributed by atoms with Gasteiger partial charge in [0.1, 0.15) is 6.54 Å². The molecule has 0 aromatic heterocycles. The zero-order valence-electron chi connectivity index (χ0n) is 16.8. The monoisotopic (exact) mass is 411 g/mol. The predicted molar refractivity (Wildman–Crippen MR) is 116 cm³/mol. The molecule has 1 heterocycles. The maximum Gasteiger partial charge on any atom is 0.251 e. The highest BCUT2D eigenvalue weighted by molar-refractivity contribution is 8.00. The average Bonchev–Trinajstić information content (AvgIpc) is 2.70. The highest BCUT2D eigenvalue weighted by Crippen LogP contribution is 2.34. The molecule has 0 saturated carbocycles. The third-order valence-electron chi connectivity index (χ3n) is 4.88. The second-order valence-corrected chi connectivity index (χ2v) is 8.57. The lowest BCUT2D eigenvalue weighted by Gasteiger charge is -2.28. The number of carbonyl (C=O) groups excluding carboxylic acids is 3. The van der Waals surface area contributed by atoms with E-state index in [1.54, 1.807) is 24.3 Å². The topological polar surface area (TPSA) is 78.5 Å².